The number of benzene rings is 1. The summed E-state index contributed by atoms with van der Waals surface area (Å²) in [6.45, 7) is 6.52. The fourth-order valence-corrected chi connectivity index (χ4v) is 4.48. The number of rotatable bonds is 6. The Morgan fingerprint density at radius 3 is 2.50 bits per heavy atom. The lowest BCUT2D eigenvalue weighted by Crippen LogP contribution is -2.43. The highest BCUT2D eigenvalue weighted by Crippen LogP contribution is 2.30. The molecule has 1 aliphatic rings. The van der Waals surface area contributed by atoms with Crippen LogP contribution in [0.5, 0.6) is 0 Å². The molecule has 32 heavy (non-hydrogen) atoms. The van der Waals surface area contributed by atoms with Crippen molar-refractivity contribution < 1.29 is 4.92 Å². The second-order valence-electron chi connectivity index (χ2n) is 8.48. The molecule has 1 aliphatic heterocycles. The van der Waals surface area contributed by atoms with E-state index in [-0.39, 0.29) is 10.6 Å². The van der Waals surface area contributed by atoms with Gasteiger partial charge in [0.05, 0.1) is 10.6 Å². The fourth-order valence-electron chi connectivity index (χ4n) is 4.48. The van der Waals surface area contributed by atoms with Crippen molar-refractivity contribution in [1.29, 1.82) is 0 Å². The summed E-state index contributed by atoms with van der Waals surface area (Å²) in [6.07, 6.45) is 3.71. The Morgan fingerprint density at radius 1 is 1.12 bits per heavy atom. The predicted octanol–water partition coefficient (Wildman–Crippen LogP) is 3.50. The average Bonchev–Trinajstić information content (AvgIpc) is 3.21. The lowest BCUT2D eigenvalue weighted by atomic mass is 10.0. The molecule has 0 amide bonds. The molecule has 3 aromatic rings. The lowest BCUT2D eigenvalue weighted by Gasteiger charge is -2.37. The third kappa shape index (κ3) is 4.20. The van der Waals surface area contributed by atoms with Crippen molar-refractivity contribution in [1.82, 2.24) is 24.9 Å². The van der Waals surface area contributed by atoms with Crippen molar-refractivity contribution >= 4 is 11.5 Å². The van der Waals surface area contributed by atoms with Crippen LogP contribution >= 0.6 is 0 Å². The van der Waals surface area contributed by atoms with Gasteiger partial charge in [0.1, 0.15) is 5.69 Å². The fraction of sp³-hybridized carbons (Fsp3) is 0.435. The summed E-state index contributed by atoms with van der Waals surface area (Å²) in [5, 5.41) is 24.7. The summed E-state index contributed by atoms with van der Waals surface area (Å²) in [4.78, 5) is 15.6. The van der Waals surface area contributed by atoms with Crippen molar-refractivity contribution in [2.75, 3.05) is 25.0 Å². The van der Waals surface area contributed by atoms with E-state index in [2.05, 4.69) is 46.0 Å². The van der Waals surface area contributed by atoms with Gasteiger partial charge in [-0.2, -0.15) is 5.10 Å². The van der Waals surface area contributed by atoms with E-state index in [0.29, 0.717) is 12.6 Å². The van der Waals surface area contributed by atoms with Gasteiger partial charge < -0.3 is 4.90 Å². The van der Waals surface area contributed by atoms with Crippen LogP contribution in [-0.4, -0.2) is 56.0 Å². The number of nitro groups is 1. The van der Waals surface area contributed by atoms with Crippen LogP contribution in [-0.2, 0) is 13.6 Å². The molecule has 0 atom stereocenters. The first kappa shape index (κ1) is 21.9. The van der Waals surface area contributed by atoms with Crippen molar-refractivity contribution in [3.63, 3.8) is 0 Å². The molecule has 9 nitrogen and oxygen atoms in total. The second-order valence-corrected chi connectivity index (χ2v) is 8.48. The number of hydrogen-bond acceptors (Lipinski definition) is 7. The van der Waals surface area contributed by atoms with Gasteiger partial charge in [0, 0.05) is 50.6 Å². The minimum Gasteiger partial charge on any atom is -0.355 e. The molecule has 9 heteroatoms. The smallest absolute Gasteiger partial charge is 0.273 e. The van der Waals surface area contributed by atoms with Crippen molar-refractivity contribution in [2.45, 2.75) is 39.3 Å². The van der Waals surface area contributed by atoms with E-state index in [4.69, 9.17) is 0 Å². The molecule has 0 aliphatic carbocycles. The third-order valence-corrected chi connectivity index (χ3v) is 6.56. The van der Waals surface area contributed by atoms with Gasteiger partial charge in [-0.1, -0.05) is 18.2 Å². The highest BCUT2D eigenvalue weighted by Gasteiger charge is 2.26. The van der Waals surface area contributed by atoms with Gasteiger partial charge in [0.25, 0.3) is 5.69 Å². The van der Waals surface area contributed by atoms with E-state index >= 15 is 0 Å². The third-order valence-electron chi connectivity index (χ3n) is 6.56. The molecule has 1 aromatic carbocycles. The van der Waals surface area contributed by atoms with Crippen LogP contribution in [0.2, 0.25) is 0 Å². The van der Waals surface area contributed by atoms with E-state index in [1.165, 1.54) is 0 Å². The Morgan fingerprint density at radius 2 is 1.84 bits per heavy atom. The molecule has 1 saturated heterocycles. The Labute approximate surface area is 187 Å². The molecule has 2 aromatic heterocycles. The summed E-state index contributed by atoms with van der Waals surface area (Å²) in [6, 6.07) is 9.31. The van der Waals surface area contributed by atoms with Crippen LogP contribution in [0.15, 0.2) is 36.5 Å². The number of hydrogen-bond donors (Lipinski definition) is 0. The SMILES string of the molecule is Cc1c(-c2ccnn2C)nnc(N2CCC(N(C)Cc3ccccc3[N+](=O)[O-])CC2)c1C. The minimum absolute atomic E-state index is 0.187. The Hall–Kier alpha value is -3.33. The van der Waals surface area contributed by atoms with E-state index in [1.807, 2.05) is 29.9 Å². The minimum atomic E-state index is -0.301. The van der Waals surface area contributed by atoms with E-state index in [0.717, 1.165) is 59.8 Å². The Balaban J connectivity index is 1.43. The van der Waals surface area contributed by atoms with Crippen molar-refractivity contribution in [3.8, 4) is 11.4 Å². The molecule has 4 rings (SSSR count). The van der Waals surface area contributed by atoms with Crippen LogP contribution in [0.4, 0.5) is 11.5 Å². The lowest BCUT2D eigenvalue weighted by molar-refractivity contribution is -0.385. The van der Waals surface area contributed by atoms with Gasteiger partial charge in [0.15, 0.2) is 5.82 Å². The molecule has 0 bridgehead atoms. The summed E-state index contributed by atoms with van der Waals surface area (Å²) < 4.78 is 1.81. The second kappa shape index (κ2) is 9.04. The molecule has 1 fully saturated rings. The zero-order chi connectivity index (χ0) is 22.8. The zero-order valence-corrected chi connectivity index (χ0v) is 19.0. The first-order valence-electron chi connectivity index (χ1n) is 10.9. The highest BCUT2D eigenvalue weighted by molar-refractivity contribution is 5.64. The molecule has 168 valence electrons. The van der Waals surface area contributed by atoms with Crippen LogP contribution in [0.1, 0.15) is 29.5 Å². The topological polar surface area (TPSA) is 93.2 Å². The van der Waals surface area contributed by atoms with Crippen molar-refractivity contribution in [3.05, 3.63) is 63.3 Å². The quantitative estimate of drug-likeness (QED) is 0.432. The van der Waals surface area contributed by atoms with Crippen LogP contribution < -0.4 is 4.90 Å². The highest BCUT2D eigenvalue weighted by atomic mass is 16.6. The average molecular weight is 436 g/mol. The number of nitro benzene ring substituents is 1. The molecule has 0 unspecified atom stereocenters. The monoisotopic (exact) mass is 435 g/mol. The van der Waals surface area contributed by atoms with Gasteiger partial charge in [0.2, 0.25) is 0 Å². The molecule has 3 heterocycles. The molecule has 0 N–H and O–H groups in total. The standard InChI is InChI=1S/C23H29N7O2/c1-16-17(2)23(26-25-22(16)21-9-12-24-28(21)4)29-13-10-19(11-14-29)27(3)15-18-7-5-6-8-20(18)30(31)32/h5-9,12,19H,10-11,13-15H2,1-4H3. The predicted molar refractivity (Wildman–Crippen MR) is 124 cm³/mol. The van der Waals surface area contributed by atoms with E-state index in [9.17, 15) is 10.1 Å². The molecule has 0 saturated carbocycles. The molecular weight excluding hydrogens is 406 g/mol. The maximum absolute atomic E-state index is 11.3. The van der Waals surface area contributed by atoms with Gasteiger partial charge in [-0.3, -0.25) is 19.7 Å². The maximum atomic E-state index is 11.3. The van der Waals surface area contributed by atoms with E-state index in [1.54, 1.807) is 18.3 Å². The van der Waals surface area contributed by atoms with Crippen LogP contribution in [0.3, 0.4) is 0 Å². The van der Waals surface area contributed by atoms with Gasteiger partial charge in [-0.05, 0) is 50.9 Å². The van der Waals surface area contributed by atoms with Crippen LogP contribution in [0.25, 0.3) is 11.4 Å². The normalized spacial score (nSPS) is 14.8. The molecule has 0 spiro atoms. The number of aromatic nitrogens is 4. The number of anilines is 1. The molecular formula is C23H29N7O2. The van der Waals surface area contributed by atoms with Gasteiger partial charge in [-0.15, -0.1) is 10.2 Å². The zero-order valence-electron chi connectivity index (χ0n) is 19.0. The Bertz CT molecular complexity index is 1120. The number of piperidine rings is 1. The first-order valence-corrected chi connectivity index (χ1v) is 10.9. The first-order chi connectivity index (χ1) is 15.4. The number of nitrogens with zero attached hydrogens (tertiary/aromatic N) is 7. The number of para-hydroxylation sites is 1. The summed E-state index contributed by atoms with van der Waals surface area (Å²) in [5.41, 5.74) is 5.03. The Kier molecular flexibility index (Phi) is 6.18. The largest absolute Gasteiger partial charge is 0.355 e. The van der Waals surface area contributed by atoms with Crippen LogP contribution in [0, 0.1) is 24.0 Å². The van der Waals surface area contributed by atoms with Gasteiger partial charge >= 0.3 is 0 Å². The number of aryl methyl sites for hydroxylation is 1. The maximum Gasteiger partial charge on any atom is 0.273 e. The van der Waals surface area contributed by atoms with Gasteiger partial charge in [-0.25, -0.2) is 0 Å². The van der Waals surface area contributed by atoms with Crippen molar-refractivity contribution in [2.24, 2.45) is 7.05 Å². The summed E-state index contributed by atoms with van der Waals surface area (Å²) >= 11 is 0. The summed E-state index contributed by atoms with van der Waals surface area (Å²) in [7, 11) is 3.96. The van der Waals surface area contributed by atoms with E-state index < -0.39 is 0 Å². The summed E-state index contributed by atoms with van der Waals surface area (Å²) in [5.74, 6) is 0.938. The molecule has 0 radical (unpaired) electrons.